The van der Waals surface area contributed by atoms with E-state index in [2.05, 4.69) is 26.8 Å². The average molecular weight is 422 g/mol. The quantitative estimate of drug-likeness (QED) is 0.776. The maximum atomic E-state index is 9.86. The predicted molar refractivity (Wildman–Crippen MR) is 110 cm³/mol. The molecule has 4 heterocycles. The van der Waals surface area contributed by atoms with Crippen molar-refractivity contribution in [2.75, 3.05) is 30.3 Å². The number of halogens is 1. The van der Waals surface area contributed by atoms with Gasteiger partial charge in [-0.25, -0.2) is 15.0 Å². The Morgan fingerprint density at radius 3 is 2.82 bits per heavy atom. The second-order valence-electron chi connectivity index (χ2n) is 7.59. The highest BCUT2D eigenvalue weighted by molar-refractivity contribution is 7.99. The third-order valence-electron chi connectivity index (χ3n) is 5.52. The zero-order chi connectivity index (χ0) is 19.7. The zero-order valence-electron chi connectivity index (χ0n) is 15.8. The molecule has 2 aromatic heterocycles. The van der Waals surface area contributed by atoms with E-state index >= 15 is 0 Å². The van der Waals surface area contributed by atoms with Crippen LogP contribution in [0.4, 0.5) is 11.6 Å². The van der Waals surface area contributed by atoms with Crippen molar-refractivity contribution in [1.82, 2.24) is 15.0 Å². The number of aliphatic hydroxyl groups excluding tert-OH is 1. The van der Waals surface area contributed by atoms with Crippen LogP contribution >= 0.6 is 23.4 Å². The van der Waals surface area contributed by atoms with Crippen LogP contribution in [0, 0.1) is 5.41 Å². The van der Waals surface area contributed by atoms with E-state index in [1.807, 2.05) is 0 Å². The van der Waals surface area contributed by atoms with Gasteiger partial charge in [0.1, 0.15) is 16.5 Å². The van der Waals surface area contributed by atoms with Crippen molar-refractivity contribution in [1.29, 1.82) is 0 Å². The molecule has 7 nitrogen and oxygen atoms in total. The van der Waals surface area contributed by atoms with Gasteiger partial charge in [-0.2, -0.15) is 0 Å². The minimum Gasteiger partial charge on any atom is -0.390 e. The average Bonchev–Trinajstić information content (AvgIpc) is 3.05. The Labute approximate surface area is 173 Å². The molecule has 0 bridgehead atoms. The molecular weight excluding hydrogens is 398 g/mol. The molecule has 0 radical (unpaired) electrons. The van der Waals surface area contributed by atoms with E-state index in [1.54, 1.807) is 12.3 Å². The molecule has 3 N–H and O–H groups in total. The summed E-state index contributed by atoms with van der Waals surface area (Å²) in [6.45, 7) is 4.64. The molecule has 1 spiro atoms. The van der Waals surface area contributed by atoms with Crippen LogP contribution in [0.15, 0.2) is 28.4 Å². The Bertz CT molecular complexity index is 860. The number of rotatable bonds is 4. The number of pyridine rings is 1. The van der Waals surface area contributed by atoms with Crippen molar-refractivity contribution in [3.05, 3.63) is 29.2 Å². The standard InChI is InChI=1S/C19H24ClN5O2S/c1-12-7-19(11-27-12)2-4-25(5-3-19)18-14(10-26)24-17(9-23-18)28-15-6-16(21)22-8-13(15)20/h6,8-9,12,26H,2-5,7,10-11H2,1H3,(H2,21,22)/t12-/m0/s1. The number of hydrogen-bond acceptors (Lipinski definition) is 8. The highest BCUT2D eigenvalue weighted by Crippen LogP contribution is 2.43. The molecule has 28 heavy (non-hydrogen) atoms. The minimum absolute atomic E-state index is 0.162. The molecule has 0 aliphatic carbocycles. The summed E-state index contributed by atoms with van der Waals surface area (Å²) in [4.78, 5) is 16.2. The third-order valence-corrected chi connectivity index (χ3v) is 6.90. The number of aromatic nitrogens is 3. The SMILES string of the molecule is C[C@H]1CC2(CCN(c3ncc(Sc4cc(N)ncc4Cl)nc3CO)CC2)CO1. The first-order chi connectivity index (χ1) is 13.5. The molecule has 0 amide bonds. The van der Waals surface area contributed by atoms with Gasteiger partial charge in [-0.05, 0) is 37.7 Å². The number of hydrogen-bond donors (Lipinski definition) is 2. The summed E-state index contributed by atoms with van der Waals surface area (Å²) in [5.41, 5.74) is 6.62. The lowest BCUT2D eigenvalue weighted by Gasteiger charge is -2.39. The first kappa shape index (κ1) is 19.7. The summed E-state index contributed by atoms with van der Waals surface area (Å²) in [6, 6.07) is 1.70. The number of aliphatic hydroxyl groups is 1. The zero-order valence-corrected chi connectivity index (χ0v) is 17.3. The van der Waals surface area contributed by atoms with Crippen molar-refractivity contribution < 1.29 is 9.84 Å². The lowest BCUT2D eigenvalue weighted by molar-refractivity contribution is 0.0975. The van der Waals surface area contributed by atoms with Gasteiger partial charge in [-0.1, -0.05) is 23.4 Å². The molecule has 2 aliphatic heterocycles. The molecule has 2 fully saturated rings. The highest BCUT2D eigenvalue weighted by Gasteiger charge is 2.41. The van der Waals surface area contributed by atoms with Crippen LogP contribution in [0.5, 0.6) is 0 Å². The summed E-state index contributed by atoms with van der Waals surface area (Å²) in [5.74, 6) is 1.15. The van der Waals surface area contributed by atoms with E-state index < -0.39 is 0 Å². The number of ether oxygens (including phenoxy) is 1. The maximum absolute atomic E-state index is 9.86. The van der Waals surface area contributed by atoms with Gasteiger partial charge >= 0.3 is 0 Å². The van der Waals surface area contributed by atoms with Crippen LogP contribution in [-0.4, -0.2) is 45.9 Å². The minimum atomic E-state index is -0.162. The monoisotopic (exact) mass is 421 g/mol. The van der Waals surface area contributed by atoms with Crippen LogP contribution in [0.1, 0.15) is 31.9 Å². The van der Waals surface area contributed by atoms with Gasteiger partial charge in [0.05, 0.1) is 30.5 Å². The second kappa shape index (κ2) is 8.02. The van der Waals surface area contributed by atoms with Crippen LogP contribution in [-0.2, 0) is 11.3 Å². The molecule has 2 saturated heterocycles. The number of nitrogens with two attached hydrogens (primary N) is 1. The molecule has 0 aromatic carbocycles. The summed E-state index contributed by atoms with van der Waals surface area (Å²) in [5, 5.41) is 11.0. The number of piperidine rings is 1. The first-order valence-electron chi connectivity index (χ1n) is 9.40. The molecule has 2 aliphatic rings. The lowest BCUT2D eigenvalue weighted by atomic mass is 9.77. The van der Waals surface area contributed by atoms with Gasteiger partial charge < -0.3 is 20.5 Å². The van der Waals surface area contributed by atoms with Gasteiger partial charge in [-0.15, -0.1) is 0 Å². The van der Waals surface area contributed by atoms with Gasteiger partial charge in [0, 0.05) is 24.2 Å². The molecule has 2 aromatic rings. The normalized spacial score (nSPS) is 21.4. The van der Waals surface area contributed by atoms with Crippen molar-refractivity contribution in [3.8, 4) is 0 Å². The maximum Gasteiger partial charge on any atom is 0.152 e. The molecule has 9 heteroatoms. The van der Waals surface area contributed by atoms with Gasteiger partial charge in [0.25, 0.3) is 0 Å². The van der Waals surface area contributed by atoms with E-state index in [1.165, 1.54) is 18.0 Å². The fourth-order valence-corrected chi connectivity index (χ4v) is 5.07. The van der Waals surface area contributed by atoms with E-state index in [-0.39, 0.29) is 6.61 Å². The Balaban J connectivity index is 1.49. The first-order valence-corrected chi connectivity index (χ1v) is 10.6. The summed E-state index contributed by atoms with van der Waals surface area (Å²) in [7, 11) is 0. The summed E-state index contributed by atoms with van der Waals surface area (Å²) in [6.07, 6.45) is 6.87. The number of nitrogens with zero attached hydrogens (tertiary/aromatic N) is 4. The van der Waals surface area contributed by atoms with Crippen LogP contribution in [0.25, 0.3) is 0 Å². The van der Waals surface area contributed by atoms with Crippen LogP contribution in [0.2, 0.25) is 5.02 Å². The predicted octanol–water partition coefficient (Wildman–Crippen LogP) is 3.15. The van der Waals surface area contributed by atoms with Gasteiger partial charge in [-0.3, -0.25) is 0 Å². The summed E-state index contributed by atoms with van der Waals surface area (Å²) >= 11 is 7.54. The Morgan fingerprint density at radius 2 is 2.14 bits per heavy atom. The van der Waals surface area contributed by atoms with E-state index in [0.29, 0.717) is 33.1 Å². The number of nitrogen functional groups attached to an aromatic ring is 1. The van der Waals surface area contributed by atoms with Crippen molar-refractivity contribution in [2.24, 2.45) is 5.41 Å². The molecule has 0 saturated carbocycles. The van der Waals surface area contributed by atoms with Crippen LogP contribution in [0.3, 0.4) is 0 Å². The van der Waals surface area contributed by atoms with Gasteiger partial charge in [0.2, 0.25) is 0 Å². The van der Waals surface area contributed by atoms with E-state index in [4.69, 9.17) is 22.1 Å². The van der Waals surface area contributed by atoms with Crippen molar-refractivity contribution in [2.45, 2.75) is 48.8 Å². The van der Waals surface area contributed by atoms with E-state index in [0.717, 1.165) is 49.7 Å². The van der Waals surface area contributed by atoms with Gasteiger partial charge in [0.15, 0.2) is 5.82 Å². The van der Waals surface area contributed by atoms with Crippen molar-refractivity contribution >= 4 is 35.0 Å². The Hall–Kier alpha value is -1.61. The largest absolute Gasteiger partial charge is 0.390 e. The number of anilines is 2. The molecule has 0 unspecified atom stereocenters. The third kappa shape index (κ3) is 4.05. The fourth-order valence-electron chi connectivity index (χ4n) is 4.04. The Kier molecular flexibility index (Phi) is 5.64. The van der Waals surface area contributed by atoms with Crippen molar-refractivity contribution in [3.63, 3.8) is 0 Å². The highest BCUT2D eigenvalue weighted by atomic mass is 35.5. The molecule has 1 atom stereocenters. The second-order valence-corrected chi connectivity index (χ2v) is 9.06. The van der Waals surface area contributed by atoms with E-state index in [9.17, 15) is 5.11 Å². The fraction of sp³-hybridized carbons (Fsp3) is 0.526. The molecule has 4 rings (SSSR count). The topological polar surface area (TPSA) is 97.4 Å². The lowest BCUT2D eigenvalue weighted by Crippen LogP contribution is -2.41. The smallest absolute Gasteiger partial charge is 0.152 e. The molecular formula is C19H24ClN5O2S. The Morgan fingerprint density at radius 1 is 1.36 bits per heavy atom. The summed E-state index contributed by atoms with van der Waals surface area (Å²) < 4.78 is 5.81. The van der Waals surface area contributed by atoms with Crippen LogP contribution < -0.4 is 10.6 Å². The molecule has 150 valence electrons.